The lowest BCUT2D eigenvalue weighted by Gasteiger charge is -2.26. The van der Waals surface area contributed by atoms with Crippen LogP contribution in [0, 0.1) is 5.82 Å². The summed E-state index contributed by atoms with van der Waals surface area (Å²) in [5.41, 5.74) is -0.213. The molecule has 0 radical (unpaired) electrons. The van der Waals surface area contributed by atoms with Gasteiger partial charge in [-0.05, 0) is 36.8 Å². The minimum atomic E-state index is -4.51. The van der Waals surface area contributed by atoms with E-state index in [1.54, 1.807) is 24.1 Å². The maximum Gasteiger partial charge on any atom is 0.435 e. The zero-order valence-electron chi connectivity index (χ0n) is 11.4. The van der Waals surface area contributed by atoms with Gasteiger partial charge in [0.25, 0.3) is 0 Å². The predicted molar refractivity (Wildman–Crippen MR) is 70.3 cm³/mol. The summed E-state index contributed by atoms with van der Waals surface area (Å²) in [5.74, 6) is -0.0391. The number of rotatable bonds is 3. The Morgan fingerprint density at radius 2 is 1.62 bits per heavy atom. The molecule has 0 aliphatic rings. The molecular formula is C14H13F4N3. The van der Waals surface area contributed by atoms with Crippen molar-refractivity contribution in [1.82, 2.24) is 10.2 Å². The molecule has 0 aliphatic carbocycles. The van der Waals surface area contributed by atoms with Gasteiger partial charge in [-0.3, -0.25) is 0 Å². The molecule has 0 saturated carbocycles. The van der Waals surface area contributed by atoms with Crippen LogP contribution in [0.25, 0.3) is 0 Å². The lowest BCUT2D eigenvalue weighted by molar-refractivity contribution is -0.141. The zero-order chi connectivity index (χ0) is 15.6. The van der Waals surface area contributed by atoms with E-state index in [-0.39, 0.29) is 11.9 Å². The Kier molecular flexibility index (Phi) is 4.11. The summed E-state index contributed by atoms with van der Waals surface area (Å²) in [6.07, 6.45) is -4.51. The summed E-state index contributed by atoms with van der Waals surface area (Å²) in [5, 5.41) is 6.78. The summed E-state index contributed by atoms with van der Waals surface area (Å²) in [6.45, 7) is 1.84. The van der Waals surface area contributed by atoms with Gasteiger partial charge >= 0.3 is 6.18 Å². The highest BCUT2D eigenvalue weighted by Crippen LogP contribution is 2.29. The molecule has 0 bridgehead atoms. The van der Waals surface area contributed by atoms with E-state index in [1.165, 1.54) is 18.2 Å². The summed E-state index contributed by atoms with van der Waals surface area (Å²) in [7, 11) is 1.69. The van der Waals surface area contributed by atoms with Crippen molar-refractivity contribution in [3.8, 4) is 0 Å². The molecule has 0 spiro atoms. The summed E-state index contributed by atoms with van der Waals surface area (Å²) in [4.78, 5) is 1.67. The Balaban J connectivity index is 2.19. The largest absolute Gasteiger partial charge is 0.435 e. The molecule has 3 nitrogen and oxygen atoms in total. The number of nitrogens with zero attached hydrogens (tertiary/aromatic N) is 3. The molecule has 2 rings (SSSR count). The molecule has 1 aromatic heterocycles. The molecule has 1 aromatic carbocycles. The molecule has 1 atom stereocenters. The standard InChI is InChI=1S/C14H13F4N3/c1-9(10-3-5-11(15)6-4-10)21(2)13-8-7-12(19-20-13)14(16,17)18/h3-9H,1-2H3. The monoisotopic (exact) mass is 299 g/mol. The van der Waals surface area contributed by atoms with Crippen LogP contribution < -0.4 is 4.90 Å². The van der Waals surface area contributed by atoms with Gasteiger partial charge in [-0.1, -0.05) is 12.1 Å². The third-order valence-electron chi connectivity index (χ3n) is 3.24. The van der Waals surface area contributed by atoms with Gasteiger partial charge in [0.1, 0.15) is 5.82 Å². The fraction of sp³-hybridized carbons (Fsp3) is 0.286. The molecule has 0 fully saturated rings. The van der Waals surface area contributed by atoms with E-state index in [1.807, 2.05) is 6.92 Å². The maximum absolute atomic E-state index is 12.9. The summed E-state index contributed by atoms with van der Waals surface area (Å²) >= 11 is 0. The highest BCUT2D eigenvalue weighted by molar-refractivity contribution is 5.40. The first-order valence-electron chi connectivity index (χ1n) is 6.18. The second-order valence-electron chi connectivity index (χ2n) is 4.61. The molecule has 0 amide bonds. The van der Waals surface area contributed by atoms with Crippen molar-refractivity contribution >= 4 is 5.82 Å². The topological polar surface area (TPSA) is 29.0 Å². The van der Waals surface area contributed by atoms with Crippen molar-refractivity contribution in [3.63, 3.8) is 0 Å². The van der Waals surface area contributed by atoms with Crippen molar-refractivity contribution < 1.29 is 17.6 Å². The van der Waals surface area contributed by atoms with Crippen LogP contribution in [0.1, 0.15) is 24.2 Å². The minimum absolute atomic E-state index is 0.184. The third kappa shape index (κ3) is 3.48. The van der Waals surface area contributed by atoms with E-state index in [4.69, 9.17) is 0 Å². The first-order chi connectivity index (χ1) is 9.79. The van der Waals surface area contributed by atoms with E-state index < -0.39 is 11.9 Å². The van der Waals surface area contributed by atoms with E-state index >= 15 is 0 Å². The van der Waals surface area contributed by atoms with Gasteiger partial charge in [0, 0.05) is 7.05 Å². The van der Waals surface area contributed by atoms with Gasteiger partial charge < -0.3 is 4.90 Å². The molecule has 1 unspecified atom stereocenters. The number of aromatic nitrogens is 2. The van der Waals surface area contributed by atoms with E-state index in [0.717, 1.165) is 11.6 Å². The predicted octanol–water partition coefficient (Wildman–Crippen LogP) is 3.83. The van der Waals surface area contributed by atoms with Crippen LogP contribution in [-0.4, -0.2) is 17.2 Å². The maximum atomic E-state index is 12.9. The third-order valence-corrected chi connectivity index (χ3v) is 3.24. The normalized spacial score (nSPS) is 13.0. The van der Waals surface area contributed by atoms with Gasteiger partial charge in [-0.15, -0.1) is 10.2 Å². The van der Waals surface area contributed by atoms with Crippen LogP contribution in [-0.2, 0) is 6.18 Å². The van der Waals surface area contributed by atoms with Crippen LogP contribution in [0.3, 0.4) is 0 Å². The molecule has 0 N–H and O–H groups in total. The van der Waals surface area contributed by atoms with E-state index in [0.29, 0.717) is 5.82 Å². The number of hydrogen-bond donors (Lipinski definition) is 0. The Bertz CT molecular complexity index is 593. The lowest BCUT2D eigenvalue weighted by Crippen LogP contribution is -2.23. The van der Waals surface area contributed by atoms with Crippen molar-refractivity contribution in [2.75, 3.05) is 11.9 Å². The van der Waals surface area contributed by atoms with Gasteiger partial charge in [0.05, 0.1) is 6.04 Å². The fourth-order valence-corrected chi connectivity index (χ4v) is 1.83. The Hall–Kier alpha value is -2.18. The van der Waals surface area contributed by atoms with Crippen molar-refractivity contribution in [3.05, 3.63) is 53.5 Å². The van der Waals surface area contributed by atoms with Crippen molar-refractivity contribution in [2.45, 2.75) is 19.1 Å². The van der Waals surface area contributed by atoms with E-state index in [2.05, 4.69) is 10.2 Å². The van der Waals surface area contributed by atoms with Crippen molar-refractivity contribution in [1.29, 1.82) is 0 Å². The molecule has 0 aliphatic heterocycles. The van der Waals surface area contributed by atoms with Gasteiger partial charge in [0.2, 0.25) is 0 Å². The van der Waals surface area contributed by atoms with Crippen LogP contribution in [0.2, 0.25) is 0 Å². The molecule has 1 heterocycles. The number of halogens is 4. The number of benzene rings is 1. The SMILES string of the molecule is CC(c1ccc(F)cc1)N(C)c1ccc(C(F)(F)F)nn1. The second kappa shape index (κ2) is 5.67. The van der Waals surface area contributed by atoms with E-state index in [9.17, 15) is 17.6 Å². The zero-order valence-corrected chi connectivity index (χ0v) is 11.4. The van der Waals surface area contributed by atoms with Gasteiger partial charge in [0.15, 0.2) is 11.5 Å². The van der Waals surface area contributed by atoms with Gasteiger partial charge in [-0.2, -0.15) is 13.2 Å². The Morgan fingerprint density at radius 3 is 2.10 bits per heavy atom. The lowest BCUT2D eigenvalue weighted by atomic mass is 10.1. The summed E-state index contributed by atoms with van der Waals surface area (Å²) < 4.78 is 50.2. The highest BCUT2D eigenvalue weighted by atomic mass is 19.4. The van der Waals surface area contributed by atoms with Crippen LogP contribution >= 0.6 is 0 Å². The molecule has 2 aromatic rings. The summed E-state index contributed by atoms with van der Waals surface area (Å²) in [6, 6.07) is 7.86. The number of anilines is 1. The molecule has 0 saturated heterocycles. The molecular weight excluding hydrogens is 286 g/mol. The minimum Gasteiger partial charge on any atom is -0.351 e. The van der Waals surface area contributed by atoms with Crippen LogP contribution in [0.15, 0.2) is 36.4 Å². The molecule has 112 valence electrons. The Labute approximate surface area is 119 Å². The highest BCUT2D eigenvalue weighted by Gasteiger charge is 2.33. The van der Waals surface area contributed by atoms with Crippen LogP contribution in [0.4, 0.5) is 23.4 Å². The first-order valence-corrected chi connectivity index (χ1v) is 6.18. The number of hydrogen-bond acceptors (Lipinski definition) is 3. The second-order valence-corrected chi connectivity index (χ2v) is 4.61. The van der Waals surface area contributed by atoms with Crippen molar-refractivity contribution in [2.24, 2.45) is 0 Å². The van der Waals surface area contributed by atoms with Gasteiger partial charge in [-0.25, -0.2) is 4.39 Å². The molecule has 7 heteroatoms. The average Bonchev–Trinajstić information content (AvgIpc) is 2.46. The van der Waals surface area contributed by atoms with Crippen LogP contribution in [0.5, 0.6) is 0 Å². The fourth-order valence-electron chi connectivity index (χ4n) is 1.83. The molecule has 21 heavy (non-hydrogen) atoms. The average molecular weight is 299 g/mol. The quantitative estimate of drug-likeness (QED) is 0.807. The smallest absolute Gasteiger partial charge is 0.351 e. The number of alkyl halides is 3. The Morgan fingerprint density at radius 1 is 1.00 bits per heavy atom. The first kappa shape index (κ1) is 15.2.